The SMILES string of the molecule is CSCCC(NC(=O)c1ccc([N+](=O)[O-])cc1Cl)C(=O)OCc1nc2sc(C)c(C)c2c(=O)[nH]1. The summed E-state index contributed by atoms with van der Waals surface area (Å²) >= 11 is 8.89. The Labute approximate surface area is 207 Å². The number of amides is 1. The van der Waals surface area contributed by atoms with Crippen molar-refractivity contribution >= 4 is 62.5 Å². The highest BCUT2D eigenvalue weighted by Crippen LogP contribution is 2.26. The molecule has 0 aliphatic rings. The Morgan fingerprint density at radius 2 is 2.12 bits per heavy atom. The molecule has 0 fully saturated rings. The summed E-state index contributed by atoms with van der Waals surface area (Å²) in [7, 11) is 0. The average Bonchev–Trinajstić information content (AvgIpc) is 3.08. The molecule has 10 nitrogen and oxygen atoms in total. The lowest BCUT2D eigenvalue weighted by Crippen LogP contribution is -2.42. The lowest BCUT2D eigenvalue weighted by molar-refractivity contribution is -0.384. The van der Waals surface area contributed by atoms with Crippen molar-refractivity contribution in [1.82, 2.24) is 15.3 Å². The molecule has 2 heterocycles. The largest absolute Gasteiger partial charge is 0.456 e. The Morgan fingerprint density at radius 1 is 1.38 bits per heavy atom. The van der Waals surface area contributed by atoms with Crippen LogP contribution < -0.4 is 10.9 Å². The number of halogens is 1. The fraction of sp³-hybridized carbons (Fsp3) is 0.333. The molecular weight excluding hydrogens is 504 g/mol. The number of carbonyl (C=O) groups excluding carboxylic acids is 2. The number of ether oxygens (including phenoxy) is 1. The molecule has 0 aliphatic heterocycles. The molecule has 34 heavy (non-hydrogen) atoms. The summed E-state index contributed by atoms with van der Waals surface area (Å²) in [6.07, 6.45) is 2.13. The summed E-state index contributed by atoms with van der Waals surface area (Å²) in [5.74, 6) is -0.620. The number of hydrogen-bond donors (Lipinski definition) is 2. The first-order valence-corrected chi connectivity index (χ1v) is 12.6. The number of aryl methyl sites for hydroxylation is 2. The number of nitrogens with one attached hydrogen (secondary N) is 2. The second-order valence-electron chi connectivity index (χ2n) is 7.31. The molecule has 0 bridgehead atoms. The number of thioether (sulfide) groups is 1. The first-order chi connectivity index (χ1) is 16.1. The van der Waals surface area contributed by atoms with Crippen LogP contribution >= 0.6 is 34.7 Å². The minimum absolute atomic E-state index is 0.00546. The van der Waals surface area contributed by atoms with Crippen molar-refractivity contribution in [2.24, 2.45) is 0 Å². The number of benzene rings is 1. The number of H-pyrrole nitrogens is 1. The van der Waals surface area contributed by atoms with Gasteiger partial charge in [0.15, 0.2) is 0 Å². The number of aromatic nitrogens is 2. The molecule has 0 spiro atoms. The zero-order valence-corrected chi connectivity index (χ0v) is 20.9. The van der Waals surface area contributed by atoms with E-state index in [0.717, 1.165) is 22.6 Å². The first-order valence-electron chi connectivity index (χ1n) is 10.0. The van der Waals surface area contributed by atoms with Crippen LogP contribution in [0.5, 0.6) is 0 Å². The van der Waals surface area contributed by atoms with Crippen LogP contribution in [-0.2, 0) is 16.1 Å². The monoisotopic (exact) mass is 524 g/mol. The van der Waals surface area contributed by atoms with Gasteiger partial charge < -0.3 is 15.0 Å². The van der Waals surface area contributed by atoms with Crippen LogP contribution in [-0.4, -0.2) is 44.8 Å². The van der Waals surface area contributed by atoms with E-state index in [0.29, 0.717) is 16.0 Å². The lowest BCUT2D eigenvalue weighted by Gasteiger charge is -2.17. The summed E-state index contributed by atoms with van der Waals surface area (Å²) in [6, 6.07) is 2.45. The Balaban J connectivity index is 1.73. The number of carbonyl (C=O) groups is 2. The van der Waals surface area contributed by atoms with E-state index >= 15 is 0 Å². The molecule has 0 saturated carbocycles. The molecule has 180 valence electrons. The van der Waals surface area contributed by atoms with Gasteiger partial charge in [-0.1, -0.05) is 11.6 Å². The third-order valence-electron chi connectivity index (χ3n) is 5.05. The molecule has 2 aromatic heterocycles. The second kappa shape index (κ2) is 11.0. The van der Waals surface area contributed by atoms with E-state index in [-0.39, 0.29) is 40.7 Å². The number of aromatic amines is 1. The Kier molecular flexibility index (Phi) is 8.28. The molecule has 1 unspecified atom stereocenters. The summed E-state index contributed by atoms with van der Waals surface area (Å²) < 4.78 is 5.33. The predicted octanol–water partition coefficient (Wildman–Crippen LogP) is 3.76. The quantitative estimate of drug-likeness (QED) is 0.244. The number of nitro groups is 1. The van der Waals surface area contributed by atoms with E-state index in [1.54, 1.807) is 0 Å². The van der Waals surface area contributed by atoms with Gasteiger partial charge in [0.2, 0.25) is 0 Å². The summed E-state index contributed by atoms with van der Waals surface area (Å²) in [5, 5.41) is 13.9. The standard InChI is InChI=1S/C21H21ClN4O6S2/c1-10-11(2)34-20-17(10)19(28)24-16(25-20)9-32-21(29)15(6-7-33-3)23-18(27)13-5-4-12(26(30)31)8-14(13)22/h4-5,8,15H,6-7,9H2,1-3H3,(H,23,27)(H,24,25,28). The van der Waals surface area contributed by atoms with E-state index in [2.05, 4.69) is 15.3 Å². The van der Waals surface area contributed by atoms with Crippen molar-refractivity contribution in [2.45, 2.75) is 32.9 Å². The maximum absolute atomic E-state index is 12.7. The van der Waals surface area contributed by atoms with Gasteiger partial charge in [0.05, 0.1) is 20.9 Å². The van der Waals surface area contributed by atoms with Crippen LogP contribution in [0.3, 0.4) is 0 Å². The Morgan fingerprint density at radius 3 is 2.76 bits per heavy atom. The van der Waals surface area contributed by atoms with Crippen LogP contribution in [0.1, 0.15) is 33.0 Å². The molecule has 0 radical (unpaired) electrons. The first kappa shape index (κ1) is 25.7. The van der Waals surface area contributed by atoms with E-state index < -0.39 is 22.8 Å². The van der Waals surface area contributed by atoms with Crippen molar-refractivity contribution in [3.05, 3.63) is 65.5 Å². The van der Waals surface area contributed by atoms with Crippen LogP contribution in [0.25, 0.3) is 10.2 Å². The van der Waals surface area contributed by atoms with Crippen LogP contribution in [0.2, 0.25) is 5.02 Å². The molecule has 0 saturated heterocycles. The van der Waals surface area contributed by atoms with E-state index in [1.807, 2.05) is 20.1 Å². The summed E-state index contributed by atoms with van der Waals surface area (Å²) in [4.78, 5) is 56.6. The fourth-order valence-corrected chi connectivity index (χ4v) is 4.91. The smallest absolute Gasteiger partial charge is 0.329 e. The maximum atomic E-state index is 12.7. The average molecular weight is 525 g/mol. The van der Waals surface area contributed by atoms with Gasteiger partial charge in [0.1, 0.15) is 23.3 Å². The van der Waals surface area contributed by atoms with Gasteiger partial charge in [-0.2, -0.15) is 11.8 Å². The van der Waals surface area contributed by atoms with Crippen LogP contribution in [0, 0.1) is 24.0 Å². The van der Waals surface area contributed by atoms with Crippen molar-refractivity contribution in [2.75, 3.05) is 12.0 Å². The van der Waals surface area contributed by atoms with Gasteiger partial charge in [0, 0.05) is 17.0 Å². The zero-order chi connectivity index (χ0) is 25.0. The van der Waals surface area contributed by atoms with Crippen LogP contribution in [0.4, 0.5) is 5.69 Å². The van der Waals surface area contributed by atoms with Gasteiger partial charge in [-0.15, -0.1) is 11.3 Å². The van der Waals surface area contributed by atoms with Crippen LogP contribution in [0.15, 0.2) is 23.0 Å². The minimum Gasteiger partial charge on any atom is -0.456 e. The molecule has 1 atom stereocenters. The summed E-state index contributed by atoms with van der Waals surface area (Å²) in [5.41, 5.74) is 0.295. The number of thiophene rings is 1. The van der Waals surface area contributed by atoms with Crippen molar-refractivity contribution in [3.63, 3.8) is 0 Å². The molecule has 3 aromatic rings. The normalized spacial score (nSPS) is 11.9. The Hall–Kier alpha value is -2.96. The number of fused-ring (bicyclic) bond motifs is 1. The third kappa shape index (κ3) is 5.75. The van der Waals surface area contributed by atoms with Crippen molar-refractivity contribution in [3.8, 4) is 0 Å². The van der Waals surface area contributed by atoms with Gasteiger partial charge >= 0.3 is 5.97 Å². The minimum atomic E-state index is -0.993. The molecule has 1 amide bonds. The number of esters is 1. The van der Waals surface area contributed by atoms with E-state index in [4.69, 9.17) is 16.3 Å². The van der Waals surface area contributed by atoms with Gasteiger partial charge in [-0.25, -0.2) is 9.78 Å². The fourth-order valence-electron chi connectivity index (χ4n) is 3.13. The van der Waals surface area contributed by atoms with Gasteiger partial charge in [0.25, 0.3) is 17.2 Å². The number of rotatable bonds is 9. The highest BCUT2D eigenvalue weighted by atomic mass is 35.5. The third-order valence-corrected chi connectivity index (χ3v) is 7.11. The van der Waals surface area contributed by atoms with E-state index in [1.165, 1.54) is 29.2 Å². The number of nitrogens with zero attached hydrogens (tertiary/aromatic N) is 2. The maximum Gasteiger partial charge on any atom is 0.329 e. The van der Waals surface area contributed by atoms with Gasteiger partial charge in [-0.3, -0.25) is 19.7 Å². The molecule has 1 aromatic carbocycles. The molecule has 0 aliphatic carbocycles. The molecule has 13 heteroatoms. The lowest BCUT2D eigenvalue weighted by atomic mass is 10.1. The molecule has 3 rings (SSSR count). The van der Waals surface area contributed by atoms with Gasteiger partial charge in [-0.05, 0) is 43.9 Å². The highest BCUT2D eigenvalue weighted by Gasteiger charge is 2.25. The number of nitro benzene ring substituents is 1. The predicted molar refractivity (Wildman–Crippen MR) is 132 cm³/mol. The second-order valence-corrected chi connectivity index (χ2v) is 9.91. The van der Waals surface area contributed by atoms with Crippen molar-refractivity contribution < 1.29 is 19.2 Å². The highest BCUT2D eigenvalue weighted by molar-refractivity contribution is 7.98. The van der Waals surface area contributed by atoms with Crippen molar-refractivity contribution in [1.29, 1.82) is 0 Å². The number of non-ortho nitro benzene ring substituents is 1. The molecule has 2 N–H and O–H groups in total. The zero-order valence-electron chi connectivity index (χ0n) is 18.5. The number of hydrogen-bond acceptors (Lipinski definition) is 9. The topological polar surface area (TPSA) is 144 Å². The molecular formula is C21H21ClN4O6S2. The Bertz CT molecular complexity index is 1320. The van der Waals surface area contributed by atoms with E-state index in [9.17, 15) is 24.5 Å². The summed E-state index contributed by atoms with van der Waals surface area (Å²) in [6.45, 7) is 3.47.